The molecule has 4 rings (SSSR count). The van der Waals surface area contributed by atoms with Crippen LogP contribution < -0.4 is 0 Å². The molecule has 1 aliphatic heterocycles. The van der Waals surface area contributed by atoms with Crippen LogP contribution >= 0.6 is 0 Å². The lowest BCUT2D eigenvalue weighted by atomic mass is 10.1. The van der Waals surface area contributed by atoms with Crippen LogP contribution in [-0.4, -0.2) is 30.7 Å². The largest absolute Gasteiger partial charge is 0.372 e. The molecule has 142 valence electrons. The summed E-state index contributed by atoms with van der Waals surface area (Å²) in [7, 11) is 0. The third-order valence-electron chi connectivity index (χ3n) is 4.86. The Balaban J connectivity index is 1.39. The fraction of sp³-hybridized carbons (Fsp3) is 0.391. The monoisotopic (exact) mass is 366 g/mol. The van der Waals surface area contributed by atoms with Gasteiger partial charge in [-0.15, -0.1) is 0 Å². The van der Waals surface area contributed by atoms with Crippen molar-refractivity contribution in [1.82, 2.24) is 0 Å². The smallest absolute Gasteiger partial charge is 0.164 e. The minimum absolute atomic E-state index is 0.114. The Kier molecular flexibility index (Phi) is 5.41. The Hall–Kier alpha value is -1.98. The number of hydrogen-bond acceptors (Lipinski definition) is 4. The topological polar surface area (TPSA) is 36.9 Å². The molecular formula is C23H26O4. The van der Waals surface area contributed by atoms with Crippen molar-refractivity contribution in [2.45, 2.75) is 51.2 Å². The molecule has 0 saturated carbocycles. The zero-order chi connectivity index (χ0) is 18.7. The van der Waals surface area contributed by atoms with Crippen LogP contribution in [0.1, 0.15) is 25.0 Å². The van der Waals surface area contributed by atoms with Crippen LogP contribution in [0, 0.1) is 0 Å². The summed E-state index contributed by atoms with van der Waals surface area (Å²) >= 11 is 0. The lowest BCUT2D eigenvalue weighted by Gasteiger charge is -2.21. The van der Waals surface area contributed by atoms with Crippen LogP contribution in [0.25, 0.3) is 0 Å². The molecule has 1 fully saturated rings. The Bertz CT molecular complexity index is 769. The average Bonchev–Trinajstić information content (AvgIpc) is 3.15. The highest BCUT2D eigenvalue weighted by Gasteiger charge is 2.50. The molecule has 2 aromatic carbocycles. The highest BCUT2D eigenvalue weighted by Crippen LogP contribution is 2.39. The van der Waals surface area contributed by atoms with Crippen molar-refractivity contribution in [3.05, 3.63) is 83.4 Å². The summed E-state index contributed by atoms with van der Waals surface area (Å²) < 4.78 is 24.3. The van der Waals surface area contributed by atoms with Crippen LogP contribution in [0.4, 0.5) is 0 Å². The van der Waals surface area contributed by atoms with Gasteiger partial charge in [0.25, 0.3) is 0 Å². The molecule has 1 saturated heterocycles. The minimum Gasteiger partial charge on any atom is -0.372 e. The Labute approximate surface area is 160 Å². The van der Waals surface area contributed by atoms with E-state index in [1.807, 2.05) is 50.2 Å². The average molecular weight is 366 g/mol. The van der Waals surface area contributed by atoms with Crippen LogP contribution in [0.15, 0.2) is 72.3 Å². The molecule has 0 bridgehead atoms. The van der Waals surface area contributed by atoms with Gasteiger partial charge in [-0.3, -0.25) is 0 Å². The fourth-order valence-electron chi connectivity index (χ4n) is 3.62. The maximum atomic E-state index is 6.15. The van der Waals surface area contributed by atoms with E-state index in [2.05, 4.69) is 30.3 Å². The summed E-state index contributed by atoms with van der Waals surface area (Å²) in [5, 5.41) is 0. The standard InChI is InChI=1S/C23H26O4/c1-23(2)26-21-19(16-24-14-17-9-5-3-6-10-17)13-20(22(21)27-23)25-15-18-11-7-4-8-12-18/h3-13,20-22H,14-16H2,1-2H3/t20-,21+,22-/m0/s1. The first-order chi connectivity index (χ1) is 13.1. The van der Waals surface area contributed by atoms with Crippen LogP contribution in [-0.2, 0) is 32.2 Å². The summed E-state index contributed by atoms with van der Waals surface area (Å²) in [6, 6.07) is 20.4. The maximum Gasteiger partial charge on any atom is 0.164 e. The molecule has 0 unspecified atom stereocenters. The molecule has 27 heavy (non-hydrogen) atoms. The van der Waals surface area contributed by atoms with Gasteiger partial charge >= 0.3 is 0 Å². The Morgan fingerprint density at radius 3 is 2.11 bits per heavy atom. The second-order valence-electron chi connectivity index (χ2n) is 7.50. The Morgan fingerprint density at radius 1 is 0.815 bits per heavy atom. The number of ether oxygens (including phenoxy) is 4. The van der Waals surface area contributed by atoms with E-state index in [1.165, 1.54) is 0 Å². The lowest BCUT2D eigenvalue weighted by molar-refractivity contribution is -0.157. The molecule has 4 nitrogen and oxygen atoms in total. The second-order valence-corrected chi connectivity index (χ2v) is 7.50. The predicted octanol–water partition coefficient (Wildman–Crippen LogP) is 4.25. The molecule has 0 radical (unpaired) electrons. The van der Waals surface area contributed by atoms with Crippen molar-refractivity contribution < 1.29 is 18.9 Å². The highest BCUT2D eigenvalue weighted by molar-refractivity contribution is 5.26. The van der Waals surface area contributed by atoms with Gasteiger partial charge in [0.05, 0.1) is 19.8 Å². The van der Waals surface area contributed by atoms with Crippen molar-refractivity contribution in [2.24, 2.45) is 0 Å². The van der Waals surface area contributed by atoms with Gasteiger partial charge in [0.15, 0.2) is 5.79 Å². The Morgan fingerprint density at radius 2 is 1.44 bits per heavy atom. The predicted molar refractivity (Wildman–Crippen MR) is 103 cm³/mol. The zero-order valence-electron chi connectivity index (χ0n) is 15.8. The summed E-state index contributed by atoms with van der Waals surface area (Å²) in [5.74, 6) is -0.609. The van der Waals surface area contributed by atoms with Gasteiger partial charge < -0.3 is 18.9 Å². The first kappa shape index (κ1) is 18.4. The molecular weight excluding hydrogens is 340 g/mol. The van der Waals surface area contributed by atoms with Crippen molar-refractivity contribution in [2.75, 3.05) is 6.61 Å². The summed E-state index contributed by atoms with van der Waals surface area (Å²) in [6.45, 7) is 5.53. The van der Waals surface area contributed by atoms with Crippen LogP contribution in [0.3, 0.4) is 0 Å². The van der Waals surface area contributed by atoms with Gasteiger partial charge in [0.2, 0.25) is 0 Å². The molecule has 2 aromatic rings. The van der Waals surface area contributed by atoms with Gasteiger partial charge in [0, 0.05) is 0 Å². The third-order valence-corrected chi connectivity index (χ3v) is 4.86. The maximum absolute atomic E-state index is 6.15. The second kappa shape index (κ2) is 7.95. The molecule has 1 aliphatic carbocycles. The van der Waals surface area contributed by atoms with E-state index in [0.29, 0.717) is 19.8 Å². The molecule has 0 aromatic heterocycles. The lowest BCUT2D eigenvalue weighted by Crippen LogP contribution is -2.31. The van der Waals surface area contributed by atoms with Gasteiger partial charge in [0.1, 0.15) is 18.3 Å². The summed E-state index contributed by atoms with van der Waals surface area (Å²) in [4.78, 5) is 0. The molecule has 2 aliphatic rings. The highest BCUT2D eigenvalue weighted by atomic mass is 16.8. The first-order valence-corrected chi connectivity index (χ1v) is 9.44. The van der Waals surface area contributed by atoms with Gasteiger partial charge in [-0.05, 0) is 36.6 Å². The van der Waals surface area contributed by atoms with E-state index in [0.717, 1.165) is 16.7 Å². The SMILES string of the molecule is CC1(C)O[C@H]2[C@@H](OCc3ccccc3)C=C(COCc3ccccc3)[C@H]2O1. The molecule has 0 amide bonds. The number of fused-ring (bicyclic) bond motifs is 1. The molecule has 0 N–H and O–H groups in total. The van der Waals surface area contributed by atoms with Crippen molar-refractivity contribution in [3.8, 4) is 0 Å². The quantitative estimate of drug-likeness (QED) is 0.687. The van der Waals surface area contributed by atoms with Gasteiger partial charge in [-0.2, -0.15) is 0 Å². The number of hydrogen-bond donors (Lipinski definition) is 0. The molecule has 1 heterocycles. The normalized spacial score (nSPS) is 26.0. The summed E-state index contributed by atoms with van der Waals surface area (Å²) in [6.07, 6.45) is 1.74. The van der Waals surface area contributed by atoms with Crippen LogP contribution in [0.2, 0.25) is 0 Å². The van der Waals surface area contributed by atoms with Gasteiger partial charge in [-0.1, -0.05) is 60.7 Å². The third kappa shape index (κ3) is 4.47. The van der Waals surface area contributed by atoms with Gasteiger partial charge in [-0.25, -0.2) is 0 Å². The van der Waals surface area contributed by atoms with E-state index in [4.69, 9.17) is 18.9 Å². The van der Waals surface area contributed by atoms with Crippen molar-refractivity contribution in [1.29, 1.82) is 0 Å². The van der Waals surface area contributed by atoms with E-state index < -0.39 is 5.79 Å². The molecule has 3 atom stereocenters. The van der Waals surface area contributed by atoms with Crippen LogP contribution in [0.5, 0.6) is 0 Å². The minimum atomic E-state index is -0.609. The molecule has 4 heteroatoms. The number of benzene rings is 2. The summed E-state index contributed by atoms with van der Waals surface area (Å²) in [5.41, 5.74) is 3.41. The van der Waals surface area contributed by atoms with E-state index in [-0.39, 0.29) is 18.3 Å². The van der Waals surface area contributed by atoms with Crippen molar-refractivity contribution in [3.63, 3.8) is 0 Å². The molecule has 0 spiro atoms. The van der Waals surface area contributed by atoms with Crippen molar-refractivity contribution >= 4 is 0 Å². The zero-order valence-corrected chi connectivity index (χ0v) is 15.8. The van der Waals surface area contributed by atoms with E-state index >= 15 is 0 Å². The van der Waals surface area contributed by atoms with E-state index in [9.17, 15) is 0 Å². The first-order valence-electron chi connectivity index (χ1n) is 9.44. The fourth-order valence-corrected chi connectivity index (χ4v) is 3.62. The number of rotatable bonds is 7. The van der Waals surface area contributed by atoms with E-state index in [1.54, 1.807) is 0 Å².